The highest BCUT2D eigenvalue weighted by atomic mass is 16.5. The summed E-state index contributed by atoms with van der Waals surface area (Å²) in [7, 11) is 3.64. The average molecular weight is 395 g/mol. The second-order valence-electron chi connectivity index (χ2n) is 7.17. The van der Waals surface area contributed by atoms with Crippen LogP contribution in [0.1, 0.15) is 23.6 Å². The molecule has 0 atom stereocenters. The van der Waals surface area contributed by atoms with Gasteiger partial charge in [0.15, 0.2) is 5.96 Å². The van der Waals surface area contributed by atoms with Gasteiger partial charge >= 0.3 is 0 Å². The van der Waals surface area contributed by atoms with Gasteiger partial charge in [0.25, 0.3) is 0 Å². The van der Waals surface area contributed by atoms with E-state index in [1.54, 1.807) is 7.11 Å². The van der Waals surface area contributed by atoms with E-state index in [1.807, 2.05) is 54.1 Å². The number of nitrogens with zero attached hydrogens (tertiary/aromatic N) is 3. The number of hydrogen-bond donors (Lipinski definition) is 1. The molecule has 1 amide bonds. The van der Waals surface area contributed by atoms with Gasteiger partial charge in [0.2, 0.25) is 5.91 Å². The van der Waals surface area contributed by atoms with Gasteiger partial charge in [0.1, 0.15) is 12.3 Å². The van der Waals surface area contributed by atoms with Crippen molar-refractivity contribution in [3.8, 4) is 5.75 Å². The van der Waals surface area contributed by atoms with E-state index in [-0.39, 0.29) is 12.5 Å². The summed E-state index contributed by atoms with van der Waals surface area (Å²) in [6.07, 6.45) is 0.902. The molecule has 1 aliphatic heterocycles. The number of methoxy groups -OCH3 is 1. The van der Waals surface area contributed by atoms with E-state index in [2.05, 4.69) is 28.5 Å². The Kier molecular flexibility index (Phi) is 7.11. The summed E-state index contributed by atoms with van der Waals surface area (Å²) in [5.41, 5.74) is 3.64. The number of amides is 1. The van der Waals surface area contributed by atoms with Crippen LogP contribution in [0.4, 0.5) is 0 Å². The highest BCUT2D eigenvalue weighted by Gasteiger charge is 2.20. The smallest absolute Gasteiger partial charge is 0.244 e. The van der Waals surface area contributed by atoms with E-state index in [4.69, 9.17) is 4.74 Å². The van der Waals surface area contributed by atoms with Gasteiger partial charge in [0.05, 0.1) is 7.11 Å². The fourth-order valence-electron chi connectivity index (χ4n) is 3.58. The van der Waals surface area contributed by atoms with E-state index in [0.717, 1.165) is 30.8 Å². The Hall–Kier alpha value is -3.02. The lowest BCUT2D eigenvalue weighted by Crippen LogP contribution is -2.41. The molecule has 1 heterocycles. The second kappa shape index (κ2) is 9.96. The Morgan fingerprint density at radius 2 is 1.90 bits per heavy atom. The van der Waals surface area contributed by atoms with E-state index < -0.39 is 0 Å². The minimum Gasteiger partial charge on any atom is -0.496 e. The fraction of sp³-hybridized carbons (Fsp3) is 0.391. The van der Waals surface area contributed by atoms with E-state index in [1.165, 1.54) is 11.1 Å². The third-order valence-electron chi connectivity index (χ3n) is 5.14. The summed E-state index contributed by atoms with van der Waals surface area (Å²) in [5.74, 6) is 1.61. The van der Waals surface area contributed by atoms with Gasteiger partial charge in [0, 0.05) is 38.8 Å². The summed E-state index contributed by atoms with van der Waals surface area (Å²) < 4.78 is 5.44. The number of hydrogen-bond acceptors (Lipinski definition) is 3. The number of ether oxygens (including phenoxy) is 1. The number of nitrogens with one attached hydrogen (secondary N) is 1. The number of rotatable bonds is 6. The average Bonchev–Trinajstić information content (AvgIpc) is 2.76. The molecular formula is C23H30N4O2. The molecular weight excluding hydrogens is 364 g/mol. The van der Waals surface area contributed by atoms with Crippen LogP contribution >= 0.6 is 0 Å². The molecule has 0 aromatic heterocycles. The third-order valence-corrected chi connectivity index (χ3v) is 5.14. The van der Waals surface area contributed by atoms with Crippen LogP contribution in [0, 0.1) is 0 Å². The normalized spacial score (nSPS) is 13.6. The molecule has 2 aromatic rings. The Balaban J connectivity index is 1.65. The first-order chi connectivity index (χ1) is 14.1. The molecule has 0 spiro atoms. The predicted octanol–water partition coefficient (Wildman–Crippen LogP) is 2.68. The standard InChI is InChI=1S/C23H30N4O2/c1-4-24-23(26(2)16-20-11-7-8-12-21(20)29-3)25-15-22(28)27-14-13-18-9-5-6-10-19(18)17-27/h5-12H,4,13-17H2,1-3H3,(H,24,25). The summed E-state index contributed by atoms with van der Waals surface area (Å²) in [6, 6.07) is 16.3. The maximum Gasteiger partial charge on any atom is 0.244 e. The van der Waals surface area contributed by atoms with Gasteiger partial charge in [-0.1, -0.05) is 42.5 Å². The van der Waals surface area contributed by atoms with E-state index in [9.17, 15) is 4.79 Å². The van der Waals surface area contributed by atoms with Crippen LogP contribution in [-0.2, 0) is 24.3 Å². The molecule has 3 rings (SSSR count). The maximum absolute atomic E-state index is 12.8. The van der Waals surface area contributed by atoms with Crippen LogP contribution < -0.4 is 10.1 Å². The van der Waals surface area contributed by atoms with Gasteiger partial charge in [-0.05, 0) is 30.5 Å². The van der Waals surface area contributed by atoms with Gasteiger partial charge in [-0.3, -0.25) is 4.79 Å². The number of aliphatic imine (C=N–C) groups is 1. The van der Waals surface area contributed by atoms with Gasteiger partial charge in [-0.15, -0.1) is 0 Å². The van der Waals surface area contributed by atoms with Gasteiger partial charge in [-0.25, -0.2) is 4.99 Å². The topological polar surface area (TPSA) is 57.2 Å². The first-order valence-corrected chi connectivity index (χ1v) is 10.1. The Morgan fingerprint density at radius 3 is 2.66 bits per heavy atom. The lowest BCUT2D eigenvalue weighted by Gasteiger charge is -2.29. The summed E-state index contributed by atoms with van der Waals surface area (Å²) >= 11 is 0. The summed E-state index contributed by atoms with van der Waals surface area (Å²) in [4.78, 5) is 21.3. The van der Waals surface area contributed by atoms with Crippen molar-refractivity contribution in [3.05, 3.63) is 65.2 Å². The number of para-hydroxylation sites is 1. The van der Waals surface area contributed by atoms with Crippen molar-refractivity contribution in [2.75, 3.05) is 33.8 Å². The zero-order valence-electron chi connectivity index (χ0n) is 17.5. The Bertz CT molecular complexity index is 865. The van der Waals surface area contributed by atoms with Crippen LogP contribution in [-0.4, -0.2) is 55.5 Å². The van der Waals surface area contributed by atoms with Crippen molar-refractivity contribution in [2.45, 2.75) is 26.4 Å². The SMILES string of the molecule is CCNC(=NCC(=O)N1CCc2ccccc2C1)N(C)Cc1ccccc1OC. The zero-order chi connectivity index (χ0) is 20.6. The van der Waals surface area contributed by atoms with Crippen molar-refractivity contribution >= 4 is 11.9 Å². The minimum atomic E-state index is 0.0561. The molecule has 0 saturated heterocycles. The molecule has 29 heavy (non-hydrogen) atoms. The highest BCUT2D eigenvalue weighted by Crippen LogP contribution is 2.19. The van der Waals surface area contributed by atoms with Crippen LogP contribution in [0.15, 0.2) is 53.5 Å². The monoisotopic (exact) mass is 394 g/mol. The molecule has 1 aliphatic rings. The number of guanidine groups is 1. The molecule has 6 heteroatoms. The van der Waals surface area contributed by atoms with Crippen molar-refractivity contribution in [2.24, 2.45) is 4.99 Å². The molecule has 0 aliphatic carbocycles. The highest BCUT2D eigenvalue weighted by molar-refractivity contribution is 5.85. The van der Waals surface area contributed by atoms with Crippen LogP contribution in [0.25, 0.3) is 0 Å². The first kappa shape index (κ1) is 20.7. The number of carbonyl (C=O) groups is 1. The third kappa shape index (κ3) is 5.28. The Labute approximate surface area is 173 Å². The number of fused-ring (bicyclic) bond motifs is 1. The number of carbonyl (C=O) groups excluding carboxylic acids is 1. The predicted molar refractivity (Wildman–Crippen MR) is 116 cm³/mol. The molecule has 0 radical (unpaired) electrons. The first-order valence-electron chi connectivity index (χ1n) is 10.1. The van der Waals surface area contributed by atoms with Gasteiger partial charge < -0.3 is 19.9 Å². The fourth-order valence-corrected chi connectivity index (χ4v) is 3.58. The minimum absolute atomic E-state index is 0.0561. The maximum atomic E-state index is 12.8. The molecule has 2 aromatic carbocycles. The van der Waals surface area contributed by atoms with Crippen LogP contribution in [0.2, 0.25) is 0 Å². The van der Waals surface area contributed by atoms with Crippen molar-refractivity contribution in [3.63, 3.8) is 0 Å². The second-order valence-corrected chi connectivity index (χ2v) is 7.17. The molecule has 0 bridgehead atoms. The quantitative estimate of drug-likeness (QED) is 0.605. The molecule has 154 valence electrons. The van der Waals surface area contributed by atoms with Crippen molar-refractivity contribution in [1.29, 1.82) is 0 Å². The largest absolute Gasteiger partial charge is 0.496 e. The lowest BCUT2D eigenvalue weighted by molar-refractivity contribution is -0.130. The molecule has 0 saturated carbocycles. The Morgan fingerprint density at radius 1 is 1.17 bits per heavy atom. The molecule has 0 unspecified atom stereocenters. The van der Waals surface area contributed by atoms with Crippen molar-refractivity contribution < 1.29 is 9.53 Å². The summed E-state index contributed by atoms with van der Waals surface area (Å²) in [5, 5.41) is 3.28. The molecule has 6 nitrogen and oxygen atoms in total. The van der Waals surface area contributed by atoms with Crippen molar-refractivity contribution in [1.82, 2.24) is 15.1 Å². The van der Waals surface area contributed by atoms with Crippen LogP contribution in [0.3, 0.4) is 0 Å². The lowest BCUT2D eigenvalue weighted by atomic mass is 10.00. The molecule has 1 N–H and O–H groups in total. The zero-order valence-corrected chi connectivity index (χ0v) is 17.5. The number of benzene rings is 2. The van der Waals surface area contributed by atoms with Gasteiger partial charge in [-0.2, -0.15) is 0 Å². The van der Waals surface area contributed by atoms with E-state index >= 15 is 0 Å². The van der Waals surface area contributed by atoms with Crippen LogP contribution in [0.5, 0.6) is 5.75 Å². The van der Waals surface area contributed by atoms with E-state index in [0.29, 0.717) is 19.0 Å². The molecule has 0 fully saturated rings. The summed E-state index contributed by atoms with van der Waals surface area (Å²) in [6.45, 7) is 4.95.